The van der Waals surface area contributed by atoms with Crippen molar-refractivity contribution in [2.45, 2.75) is 13.0 Å². The zero-order chi connectivity index (χ0) is 13.8. The number of H-pyrrole nitrogens is 1. The van der Waals surface area contributed by atoms with E-state index in [1.54, 1.807) is 7.11 Å². The Morgan fingerprint density at radius 3 is 2.68 bits per heavy atom. The Labute approximate surface area is 130 Å². The second-order valence-electron chi connectivity index (χ2n) is 4.02. The number of benzene rings is 1. The van der Waals surface area contributed by atoms with Gasteiger partial charge in [0.2, 0.25) is 0 Å². The minimum Gasteiger partial charge on any atom is -0.378 e. The van der Waals surface area contributed by atoms with Crippen LogP contribution in [0, 0.1) is 4.64 Å². The zero-order valence-corrected chi connectivity index (χ0v) is 13.4. The largest absolute Gasteiger partial charge is 0.378 e. The summed E-state index contributed by atoms with van der Waals surface area (Å²) in [5.41, 5.74) is 2.01. The molecule has 0 spiro atoms. The summed E-state index contributed by atoms with van der Waals surface area (Å²) >= 11 is 14.5. The molecule has 6 heteroatoms. The second-order valence-corrected chi connectivity index (χ2v) is 5.63. The predicted octanol–water partition coefficient (Wildman–Crippen LogP) is 4.29. The van der Waals surface area contributed by atoms with Gasteiger partial charge in [0.15, 0.2) is 0 Å². The van der Waals surface area contributed by atoms with E-state index in [1.807, 2.05) is 24.3 Å². The highest BCUT2D eigenvalue weighted by Gasteiger charge is 2.07. The Morgan fingerprint density at radius 2 is 2.05 bits per heavy atom. The smallest absolute Gasteiger partial charge is 0.144 e. The normalized spacial score (nSPS) is 10.7. The Morgan fingerprint density at radius 1 is 1.37 bits per heavy atom. The van der Waals surface area contributed by atoms with Gasteiger partial charge < -0.3 is 9.72 Å². The molecule has 100 valence electrons. The maximum atomic E-state index is 5.86. The van der Waals surface area contributed by atoms with E-state index >= 15 is 0 Å². The molecule has 0 radical (unpaired) electrons. The first-order chi connectivity index (χ1) is 9.10. The topological polar surface area (TPSA) is 37.9 Å². The van der Waals surface area contributed by atoms with Crippen LogP contribution in [-0.2, 0) is 17.8 Å². The summed E-state index contributed by atoms with van der Waals surface area (Å²) in [6.45, 7) is 0.459. The molecule has 1 heterocycles. The van der Waals surface area contributed by atoms with E-state index in [2.05, 4.69) is 25.9 Å². The van der Waals surface area contributed by atoms with Crippen LogP contribution in [0.4, 0.5) is 0 Å². The van der Waals surface area contributed by atoms with Crippen LogP contribution in [0.5, 0.6) is 0 Å². The summed E-state index contributed by atoms with van der Waals surface area (Å²) in [7, 11) is 1.64. The van der Waals surface area contributed by atoms with E-state index in [9.17, 15) is 0 Å². The molecule has 1 aromatic heterocycles. The summed E-state index contributed by atoms with van der Waals surface area (Å²) in [5.74, 6) is 0.808. The summed E-state index contributed by atoms with van der Waals surface area (Å²) < 4.78 is 6.45. The molecule has 0 atom stereocenters. The number of hydrogen-bond acceptors (Lipinski definition) is 3. The summed E-state index contributed by atoms with van der Waals surface area (Å²) in [4.78, 5) is 7.59. The number of aromatic nitrogens is 2. The summed E-state index contributed by atoms with van der Waals surface area (Å²) in [6, 6.07) is 7.67. The van der Waals surface area contributed by atoms with Gasteiger partial charge in [-0.3, -0.25) is 0 Å². The number of nitrogens with one attached hydrogen (secondary N) is 1. The number of ether oxygens (including phenoxy) is 1. The summed E-state index contributed by atoms with van der Waals surface area (Å²) in [6.07, 6.45) is 0.671. The Kier molecular flexibility index (Phi) is 5.10. The molecule has 0 aliphatic rings. The zero-order valence-electron chi connectivity index (χ0n) is 10.2. The van der Waals surface area contributed by atoms with E-state index in [0.29, 0.717) is 17.7 Å². The number of methoxy groups -OCH3 is 1. The van der Waals surface area contributed by atoms with Crippen molar-refractivity contribution in [2.75, 3.05) is 7.11 Å². The van der Waals surface area contributed by atoms with E-state index in [0.717, 1.165) is 26.6 Å². The molecule has 0 amide bonds. The third kappa shape index (κ3) is 3.86. The molecule has 3 nitrogen and oxygen atoms in total. The third-order valence-electron chi connectivity index (χ3n) is 2.56. The first-order valence-electron chi connectivity index (χ1n) is 5.61. The van der Waals surface area contributed by atoms with Gasteiger partial charge in [0, 0.05) is 18.6 Å². The van der Waals surface area contributed by atoms with Crippen LogP contribution in [0.1, 0.15) is 17.1 Å². The number of halogens is 2. The first-order valence-corrected chi connectivity index (χ1v) is 7.19. The number of aromatic amines is 1. The fourth-order valence-electron chi connectivity index (χ4n) is 1.68. The van der Waals surface area contributed by atoms with Crippen molar-refractivity contribution in [2.24, 2.45) is 0 Å². The van der Waals surface area contributed by atoms with Crippen LogP contribution in [0.3, 0.4) is 0 Å². The van der Waals surface area contributed by atoms with Crippen LogP contribution in [-0.4, -0.2) is 17.1 Å². The van der Waals surface area contributed by atoms with Gasteiger partial charge in [0.25, 0.3) is 0 Å². The molecule has 0 saturated carbocycles. The molecule has 0 unspecified atom stereocenters. The van der Waals surface area contributed by atoms with Gasteiger partial charge in [0.1, 0.15) is 10.5 Å². The lowest BCUT2D eigenvalue weighted by Crippen LogP contribution is -2.03. The quantitative estimate of drug-likeness (QED) is 0.827. The molecule has 2 rings (SSSR count). The fraction of sp³-hybridized carbons (Fsp3) is 0.231. The van der Waals surface area contributed by atoms with E-state index in [4.69, 9.17) is 28.6 Å². The lowest BCUT2D eigenvalue weighted by molar-refractivity contribution is 0.180. The van der Waals surface area contributed by atoms with Crippen molar-refractivity contribution in [1.29, 1.82) is 0 Å². The van der Waals surface area contributed by atoms with Crippen molar-refractivity contribution < 1.29 is 4.74 Å². The van der Waals surface area contributed by atoms with Crippen molar-refractivity contribution >= 4 is 39.7 Å². The van der Waals surface area contributed by atoms with E-state index in [1.165, 1.54) is 0 Å². The van der Waals surface area contributed by atoms with Gasteiger partial charge >= 0.3 is 0 Å². The predicted molar refractivity (Wildman–Crippen MR) is 82.1 cm³/mol. The molecule has 0 aliphatic carbocycles. The van der Waals surface area contributed by atoms with E-state index < -0.39 is 0 Å². The highest BCUT2D eigenvalue weighted by Crippen LogP contribution is 2.18. The van der Waals surface area contributed by atoms with Crippen molar-refractivity contribution in [1.82, 2.24) is 9.97 Å². The lowest BCUT2D eigenvalue weighted by Gasteiger charge is -2.08. The van der Waals surface area contributed by atoms with Gasteiger partial charge in [-0.25, -0.2) is 4.98 Å². The summed E-state index contributed by atoms with van der Waals surface area (Å²) in [5, 5.41) is 0.723. The lowest BCUT2D eigenvalue weighted by atomic mass is 10.1. The molecule has 0 saturated heterocycles. The molecule has 1 N–H and O–H groups in total. The van der Waals surface area contributed by atoms with Gasteiger partial charge in [-0.1, -0.05) is 36.0 Å². The van der Waals surface area contributed by atoms with Gasteiger partial charge in [0.05, 0.1) is 16.8 Å². The van der Waals surface area contributed by atoms with E-state index in [-0.39, 0.29) is 0 Å². The average molecular weight is 360 g/mol. The van der Waals surface area contributed by atoms with Gasteiger partial charge in [-0.2, -0.15) is 0 Å². The minimum atomic E-state index is 0.459. The van der Waals surface area contributed by atoms with Gasteiger partial charge in [-0.15, -0.1) is 0 Å². The van der Waals surface area contributed by atoms with Crippen molar-refractivity contribution in [3.63, 3.8) is 0 Å². The third-order valence-corrected chi connectivity index (χ3v) is 4.22. The van der Waals surface area contributed by atoms with Crippen LogP contribution in [0.25, 0.3) is 0 Å². The Bertz CT molecular complexity index is 628. The molecular formula is C13H12BrClN2OS. The van der Waals surface area contributed by atoms with Crippen molar-refractivity contribution in [3.05, 3.63) is 55.5 Å². The van der Waals surface area contributed by atoms with Crippen LogP contribution < -0.4 is 0 Å². The highest BCUT2D eigenvalue weighted by molar-refractivity contribution is 9.10. The number of hydrogen-bond donors (Lipinski definition) is 1. The molecule has 0 aliphatic heterocycles. The highest BCUT2D eigenvalue weighted by atomic mass is 79.9. The van der Waals surface area contributed by atoms with Gasteiger partial charge in [-0.05, 0) is 33.6 Å². The average Bonchev–Trinajstić information content (AvgIpc) is 2.38. The minimum absolute atomic E-state index is 0.459. The monoisotopic (exact) mass is 358 g/mol. The first kappa shape index (κ1) is 14.7. The molecule has 0 fully saturated rings. The van der Waals surface area contributed by atoms with Crippen molar-refractivity contribution in [3.8, 4) is 0 Å². The molecular weight excluding hydrogens is 348 g/mol. The number of nitrogens with zero attached hydrogens (tertiary/aromatic N) is 1. The SMILES string of the molecule is COCc1[nH]c(Cc2ccc(Cl)cc2)nc(=S)c1Br. The molecule has 0 bridgehead atoms. The Hall–Kier alpha value is -0.750. The van der Waals surface area contributed by atoms with Crippen LogP contribution >= 0.6 is 39.7 Å². The van der Waals surface area contributed by atoms with Crippen LogP contribution in [0.2, 0.25) is 5.02 Å². The van der Waals surface area contributed by atoms with Crippen LogP contribution in [0.15, 0.2) is 28.7 Å². The molecule has 2 aromatic rings. The fourth-order valence-corrected chi connectivity index (χ4v) is 2.34. The second kappa shape index (κ2) is 6.61. The Balaban J connectivity index is 2.30. The standard InChI is InChI=1S/C13H12BrClN2OS/c1-18-7-10-12(14)13(19)17-11(16-10)6-8-2-4-9(15)5-3-8/h2-5H,6-7H2,1H3,(H,16,17,19). The maximum absolute atomic E-state index is 5.86. The molecule has 1 aromatic carbocycles. The number of rotatable bonds is 4. The molecule has 19 heavy (non-hydrogen) atoms. The maximum Gasteiger partial charge on any atom is 0.144 e.